The van der Waals surface area contributed by atoms with Crippen LogP contribution < -0.4 is 5.32 Å². The molecule has 1 aromatic heterocycles. The van der Waals surface area contributed by atoms with E-state index < -0.39 is 11.4 Å². The number of carbonyl (C=O) groups excluding carboxylic acids is 1. The van der Waals surface area contributed by atoms with E-state index in [2.05, 4.69) is 5.32 Å². The number of carboxylic acid groups (broad SMARTS) is 1. The van der Waals surface area contributed by atoms with Crippen molar-refractivity contribution in [3.8, 4) is 0 Å². The van der Waals surface area contributed by atoms with Crippen molar-refractivity contribution in [3.63, 3.8) is 0 Å². The van der Waals surface area contributed by atoms with Crippen molar-refractivity contribution < 1.29 is 14.7 Å². The van der Waals surface area contributed by atoms with Crippen LogP contribution in [-0.2, 0) is 11.3 Å². The molecule has 0 aromatic carbocycles. The quantitative estimate of drug-likeness (QED) is 0.847. The molecule has 0 spiro atoms. The average molecular weight is 296 g/mol. The minimum absolute atomic E-state index is 0.0667. The van der Waals surface area contributed by atoms with Crippen LogP contribution in [0.5, 0.6) is 0 Å². The minimum Gasteiger partial charge on any atom is -0.481 e. The van der Waals surface area contributed by atoms with Crippen molar-refractivity contribution in [1.29, 1.82) is 0 Å². The van der Waals surface area contributed by atoms with Gasteiger partial charge >= 0.3 is 12.0 Å². The third-order valence-electron chi connectivity index (χ3n) is 3.68. The number of hydrogen-bond donors (Lipinski definition) is 2. The number of hydrogen-bond acceptors (Lipinski definition) is 3. The highest BCUT2D eigenvalue weighted by molar-refractivity contribution is 7.09. The smallest absolute Gasteiger partial charge is 0.317 e. The molecule has 0 aliphatic heterocycles. The fourth-order valence-electron chi connectivity index (χ4n) is 2.02. The summed E-state index contributed by atoms with van der Waals surface area (Å²) in [5.41, 5.74) is -0.721. The van der Waals surface area contributed by atoms with Gasteiger partial charge in [0.15, 0.2) is 0 Å². The average Bonchev–Trinajstić information content (AvgIpc) is 3.02. The maximum absolute atomic E-state index is 12.2. The Morgan fingerprint density at radius 3 is 2.65 bits per heavy atom. The number of urea groups is 1. The lowest BCUT2D eigenvalue weighted by atomic mass is 10.1. The van der Waals surface area contributed by atoms with E-state index in [0.717, 1.165) is 4.88 Å². The molecule has 0 radical (unpaired) electrons. The van der Waals surface area contributed by atoms with Crippen LogP contribution in [0.2, 0.25) is 0 Å². The van der Waals surface area contributed by atoms with Crippen molar-refractivity contribution in [1.82, 2.24) is 10.2 Å². The Morgan fingerprint density at radius 2 is 2.20 bits per heavy atom. The third kappa shape index (κ3) is 3.30. The molecule has 2 amide bonds. The number of rotatable bonds is 6. The summed E-state index contributed by atoms with van der Waals surface area (Å²) in [5.74, 6) is -0.813. The molecule has 1 heterocycles. The zero-order valence-electron chi connectivity index (χ0n) is 11.8. The van der Waals surface area contributed by atoms with Gasteiger partial charge in [-0.25, -0.2) is 4.79 Å². The van der Waals surface area contributed by atoms with Gasteiger partial charge in [-0.2, -0.15) is 0 Å². The highest BCUT2D eigenvalue weighted by Crippen LogP contribution is 2.45. The van der Waals surface area contributed by atoms with E-state index in [1.807, 2.05) is 31.4 Å². The molecule has 110 valence electrons. The van der Waals surface area contributed by atoms with Crippen molar-refractivity contribution in [2.45, 2.75) is 39.3 Å². The predicted molar refractivity (Wildman–Crippen MR) is 77.7 cm³/mol. The molecule has 1 fully saturated rings. The fraction of sp³-hybridized carbons (Fsp3) is 0.571. The number of carbonyl (C=O) groups is 2. The second-order valence-electron chi connectivity index (χ2n) is 5.55. The van der Waals surface area contributed by atoms with Crippen LogP contribution in [0.3, 0.4) is 0 Å². The lowest BCUT2D eigenvalue weighted by Gasteiger charge is -2.27. The van der Waals surface area contributed by atoms with Crippen LogP contribution in [0.25, 0.3) is 0 Å². The first kappa shape index (κ1) is 14.8. The minimum atomic E-state index is -0.813. The second kappa shape index (κ2) is 5.83. The van der Waals surface area contributed by atoms with E-state index in [1.165, 1.54) is 0 Å². The zero-order valence-corrected chi connectivity index (χ0v) is 12.6. The molecule has 2 rings (SSSR count). The summed E-state index contributed by atoms with van der Waals surface area (Å²) in [6.07, 6.45) is 1.30. The Kier molecular flexibility index (Phi) is 4.32. The molecule has 2 N–H and O–H groups in total. The summed E-state index contributed by atoms with van der Waals surface area (Å²) in [6.45, 7) is 4.69. The Hall–Kier alpha value is -1.56. The van der Waals surface area contributed by atoms with Gasteiger partial charge in [-0.15, -0.1) is 11.3 Å². The van der Waals surface area contributed by atoms with Crippen molar-refractivity contribution >= 4 is 23.3 Å². The maximum atomic E-state index is 12.2. The molecule has 6 heteroatoms. The van der Waals surface area contributed by atoms with Gasteiger partial charge in [0.2, 0.25) is 0 Å². The van der Waals surface area contributed by atoms with Gasteiger partial charge in [0.1, 0.15) is 0 Å². The van der Waals surface area contributed by atoms with Gasteiger partial charge in [0.05, 0.1) is 12.0 Å². The van der Waals surface area contributed by atoms with Crippen LogP contribution in [-0.4, -0.2) is 34.6 Å². The van der Waals surface area contributed by atoms with Crippen LogP contribution in [0, 0.1) is 5.41 Å². The van der Waals surface area contributed by atoms with E-state index >= 15 is 0 Å². The number of amides is 2. The SMILES string of the molecule is CC(C)N(Cc1cccs1)C(=O)NCC1(C(=O)O)CC1. The Morgan fingerprint density at radius 1 is 1.50 bits per heavy atom. The van der Waals surface area contributed by atoms with E-state index in [-0.39, 0.29) is 18.6 Å². The lowest BCUT2D eigenvalue weighted by molar-refractivity contribution is -0.143. The Bertz CT molecular complexity index is 481. The number of aliphatic carboxylic acids is 1. The molecular weight excluding hydrogens is 276 g/mol. The highest BCUT2D eigenvalue weighted by atomic mass is 32.1. The summed E-state index contributed by atoms with van der Waals surface area (Å²) >= 11 is 1.61. The van der Waals surface area contributed by atoms with Gasteiger partial charge in [-0.3, -0.25) is 4.79 Å². The lowest BCUT2D eigenvalue weighted by Crippen LogP contribution is -2.46. The van der Waals surface area contributed by atoms with Gasteiger partial charge in [-0.1, -0.05) is 6.07 Å². The second-order valence-corrected chi connectivity index (χ2v) is 6.58. The van der Waals surface area contributed by atoms with Crippen molar-refractivity contribution in [2.75, 3.05) is 6.54 Å². The Labute approximate surface area is 122 Å². The summed E-state index contributed by atoms with van der Waals surface area (Å²) in [5, 5.41) is 13.9. The van der Waals surface area contributed by atoms with Crippen molar-refractivity contribution in [3.05, 3.63) is 22.4 Å². The van der Waals surface area contributed by atoms with E-state index in [9.17, 15) is 9.59 Å². The van der Waals surface area contributed by atoms with Crippen LogP contribution in [0.4, 0.5) is 4.79 Å². The van der Waals surface area contributed by atoms with E-state index in [1.54, 1.807) is 16.2 Å². The molecule has 0 bridgehead atoms. The van der Waals surface area contributed by atoms with Crippen LogP contribution >= 0.6 is 11.3 Å². The molecule has 1 aliphatic carbocycles. The molecule has 0 unspecified atom stereocenters. The Balaban J connectivity index is 1.92. The molecule has 20 heavy (non-hydrogen) atoms. The maximum Gasteiger partial charge on any atom is 0.317 e. The number of nitrogens with one attached hydrogen (secondary N) is 1. The molecule has 5 nitrogen and oxygen atoms in total. The highest BCUT2D eigenvalue weighted by Gasteiger charge is 2.50. The molecule has 1 saturated carbocycles. The number of nitrogens with zero attached hydrogens (tertiary/aromatic N) is 1. The summed E-state index contributed by atoms with van der Waals surface area (Å²) < 4.78 is 0. The normalized spacial score (nSPS) is 15.9. The zero-order chi connectivity index (χ0) is 14.8. The van der Waals surface area contributed by atoms with Gasteiger partial charge < -0.3 is 15.3 Å². The van der Waals surface area contributed by atoms with Gasteiger partial charge in [-0.05, 0) is 38.1 Å². The number of carboxylic acids is 1. The first-order chi connectivity index (χ1) is 9.44. The first-order valence-electron chi connectivity index (χ1n) is 6.75. The van der Waals surface area contributed by atoms with Gasteiger partial charge in [0.25, 0.3) is 0 Å². The van der Waals surface area contributed by atoms with E-state index in [0.29, 0.717) is 19.4 Å². The summed E-state index contributed by atoms with van der Waals surface area (Å²) in [6, 6.07) is 3.82. The molecule has 1 aromatic rings. The van der Waals surface area contributed by atoms with E-state index in [4.69, 9.17) is 5.11 Å². The summed E-state index contributed by atoms with van der Waals surface area (Å²) in [7, 11) is 0. The fourth-order valence-corrected chi connectivity index (χ4v) is 2.73. The van der Waals surface area contributed by atoms with Crippen molar-refractivity contribution in [2.24, 2.45) is 5.41 Å². The predicted octanol–water partition coefficient (Wildman–Crippen LogP) is 2.53. The molecule has 0 atom stereocenters. The van der Waals surface area contributed by atoms with Gasteiger partial charge in [0, 0.05) is 17.5 Å². The molecular formula is C14H20N2O3S. The first-order valence-corrected chi connectivity index (χ1v) is 7.63. The monoisotopic (exact) mass is 296 g/mol. The third-order valence-corrected chi connectivity index (χ3v) is 4.54. The largest absolute Gasteiger partial charge is 0.481 e. The van der Waals surface area contributed by atoms with Crippen LogP contribution in [0.15, 0.2) is 17.5 Å². The number of thiophene rings is 1. The van der Waals surface area contributed by atoms with Crippen LogP contribution in [0.1, 0.15) is 31.6 Å². The standard InChI is InChI=1S/C14H20N2O3S/c1-10(2)16(8-11-4-3-7-20-11)13(19)15-9-14(5-6-14)12(17)18/h3-4,7,10H,5-6,8-9H2,1-2H3,(H,15,19)(H,17,18). The molecule has 0 saturated heterocycles. The molecule has 1 aliphatic rings. The summed E-state index contributed by atoms with van der Waals surface area (Å²) in [4.78, 5) is 26.2. The topological polar surface area (TPSA) is 69.6 Å².